The van der Waals surface area contributed by atoms with Gasteiger partial charge in [0.05, 0.1) is 13.2 Å². The quantitative estimate of drug-likeness (QED) is 0.759. The molecular weight excluding hydrogens is 306 g/mol. The standard InChI is InChI=1S/C18H23N3O3/c1-12-6-4-5-7-15(12)16(22)11-20-18(23)19-10-14-9-8-13(2)21-17(14)24-3/h4-9,16,22H,10-11H2,1-3H3,(H2,19,20,23). The van der Waals surface area contributed by atoms with E-state index in [0.717, 1.165) is 22.4 Å². The number of ether oxygens (including phenoxy) is 1. The zero-order chi connectivity index (χ0) is 17.5. The molecule has 0 spiro atoms. The van der Waals surface area contributed by atoms with E-state index in [-0.39, 0.29) is 12.6 Å². The van der Waals surface area contributed by atoms with Crippen molar-refractivity contribution in [2.24, 2.45) is 0 Å². The molecule has 0 saturated carbocycles. The summed E-state index contributed by atoms with van der Waals surface area (Å²) in [7, 11) is 1.55. The molecule has 6 nitrogen and oxygen atoms in total. The number of rotatable bonds is 6. The highest BCUT2D eigenvalue weighted by molar-refractivity contribution is 5.73. The third kappa shape index (κ3) is 4.70. The predicted octanol–water partition coefficient (Wildman–Crippen LogP) is 2.24. The van der Waals surface area contributed by atoms with Crippen LogP contribution < -0.4 is 15.4 Å². The van der Waals surface area contributed by atoms with Gasteiger partial charge in [0, 0.05) is 24.3 Å². The molecule has 0 aliphatic carbocycles. The number of benzene rings is 1. The van der Waals surface area contributed by atoms with Crippen molar-refractivity contribution in [1.29, 1.82) is 0 Å². The number of methoxy groups -OCH3 is 1. The molecular formula is C18H23N3O3. The van der Waals surface area contributed by atoms with Gasteiger partial charge in [-0.15, -0.1) is 0 Å². The lowest BCUT2D eigenvalue weighted by atomic mass is 10.0. The van der Waals surface area contributed by atoms with Crippen LogP contribution in [-0.2, 0) is 6.54 Å². The fraction of sp³-hybridized carbons (Fsp3) is 0.333. The second-order valence-corrected chi connectivity index (χ2v) is 5.56. The number of nitrogens with zero attached hydrogens (tertiary/aromatic N) is 1. The lowest BCUT2D eigenvalue weighted by molar-refractivity contribution is 0.172. The second-order valence-electron chi connectivity index (χ2n) is 5.56. The molecule has 0 aliphatic heterocycles. The first-order chi connectivity index (χ1) is 11.5. The van der Waals surface area contributed by atoms with Crippen LogP contribution in [0.2, 0.25) is 0 Å². The summed E-state index contributed by atoms with van der Waals surface area (Å²) in [6.45, 7) is 4.23. The highest BCUT2D eigenvalue weighted by Gasteiger charge is 2.12. The van der Waals surface area contributed by atoms with Crippen molar-refractivity contribution in [3.63, 3.8) is 0 Å². The molecule has 0 aliphatic rings. The highest BCUT2D eigenvalue weighted by Crippen LogP contribution is 2.16. The number of aryl methyl sites for hydroxylation is 2. The Morgan fingerprint density at radius 1 is 1.21 bits per heavy atom. The number of carbonyl (C=O) groups excluding carboxylic acids is 1. The van der Waals surface area contributed by atoms with Gasteiger partial charge in [-0.3, -0.25) is 0 Å². The van der Waals surface area contributed by atoms with Gasteiger partial charge in [-0.25, -0.2) is 9.78 Å². The Kier molecular flexibility index (Phi) is 6.14. The summed E-state index contributed by atoms with van der Waals surface area (Å²) in [4.78, 5) is 16.2. The van der Waals surface area contributed by atoms with Crippen LogP contribution in [0.15, 0.2) is 36.4 Å². The highest BCUT2D eigenvalue weighted by atomic mass is 16.5. The molecule has 1 aromatic heterocycles. The molecule has 2 amide bonds. The SMILES string of the molecule is COc1nc(C)ccc1CNC(=O)NCC(O)c1ccccc1C. The maximum Gasteiger partial charge on any atom is 0.315 e. The van der Waals surface area contributed by atoms with Crippen LogP contribution in [-0.4, -0.2) is 29.8 Å². The van der Waals surface area contributed by atoms with Crippen molar-refractivity contribution in [2.75, 3.05) is 13.7 Å². The Morgan fingerprint density at radius 3 is 2.67 bits per heavy atom. The third-order valence-corrected chi connectivity index (χ3v) is 3.71. The van der Waals surface area contributed by atoms with E-state index in [2.05, 4.69) is 15.6 Å². The van der Waals surface area contributed by atoms with E-state index < -0.39 is 6.10 Å². The normalized spacial score (nSPS) is 11.7. The van der Waals surface area contributed by atoms with Gasteiger partial charge in [0.2, 0.25) is 5.88 Å². The number of carbonyl (C=O) groups is 1. The largest absolute Gasteiger partial charge is 0.481 e. The summed E-state index contributed by atoms with van der Waals surface area (Å²) in [5.41, 5.74) is 3.43. The number of hydrogen-bond donors (Lipinski definition) is 3. The van der Waals surface area contributed by atoms with Crippen molar-refractivity contribution in [1.82, 2.24) is 15.6 Å². The summed E-state index contributed by atoms with van der Waals surface area (Å²) in [6.07, 6.45) is -0.743. The van der Waals surface area contributed by atoms with Gasteiger partial charge in [0.25, 0.3) is 0 Å². The molecule has 1 heterocycles. The minimum Gasteiger partial charge on any atom is -0.481 e. The average molecular weight is 329 g/mol. The summed E-state index contributed by atoms with van der Waals surface area (Å²) in [5, 5.41) is 15.6. The van der Waals surface area contributed by atoms with Gasteiger partial charge in [0.15, 0.2) is 0 Å². The minimum absolute atomic E-state index is 0.139. The zero-order valence-corrected chi connectivity index (χ0v) is 14.2. The van der Waals surface area contributed by atoms with Crippen molar-refractivity contribution in [3.05, 3.63) is 58.8 Å². The first-order valence-electron chi connectivity index (χ1n) is 7.77. The van der Waals surface area contributed by atoms with Crippen LogP contribution in [0.1, 0.15) is 28.5 Å². The van der Waals surface area contributed by atoms with E-state index in [1.807, 2.05) is 50.2 Å². The zero-order valence-electron chi connectivity index (χ0n) is 14.2. The number of aromatic nitrogens is 1. The molecule has 1 unspecified atom stereocenters. The van der Waals surface area contributed by atoms with E-state index >= 15 is 0 Å². The first-order valence-corrected chi connectivity index (χ1v) is 7.77. The lowest BCUT2D eigenvalue weighted by Gasteiger charge is -2.15. The minimum atomic E-state index is -0.743. The van der Waals surface area contributed by atoms with Crippen molar-refractivity contribution in [2.45, 2.75) is 26.5 Å². The Bertz CT molecular complexity index is 704. The molecule has 2 aromatic rings. The number of urea groups is 1. The van der Waals surface area contributed by atoms with Crippen molar-refractivity contribution in [3.8, 4) is 5.88 Å². The number of nitrogens with one attached hydrogen (secondary N) is 2. The molecule has 24 heavy (non-hydrogen) atoms. The molecule has 0 radical (unpaired) electrons. The first kappa shape index (κ1) is 17.7. The van der Waals surface area contributed by atoms with Crippen LogP contribution in [0, 0.1) is 13.8 Å². The van der Waals surface area contributed by atoms with Crippen LogP contribution in [0.5, 0.6) is 5.88 Å². The average Bonchev–Trinajstić information content (AvgIpc) is 2.58. The Morgan fingerprint density at radius 2 is 1.96 bits per heavy atom. The Hall–Kier alpha value is -2.60. The molecule has 0 fully saturated rings. The van der Waals surface area contributed by atoms with E-state index in [1.54, 1.807) is 7.11 Å². The molecule has 1 aromatic carbocycles. The van der Waals surface area contributed by atoms with E-state index in [4.69, 9.17) is 4.74 Å². The van der Waals surface area contributed by atoms with Crippen molar-refractivity contribution >= 4 is 6.03 Å². The maximum atomic E-state index is 11.9. The lowest BCUT2D eigenvalue weighted by Crippen LogP contribution is -2.37. The van der Waals surface area contributed by atoms with Crippen LogP contribution in [0.4, 0.5) is 4.79 Å². The van der Waals surface area contributed by atoms with Crippen LogP contribution >= 0.6 is 0 Å². The number of pyridine rings is 1. The van der Waals surface area contributed by atoms with Gasteiger partial charge in [0.1, 0.15) is 0 Å². The molecule has 2 rings (SSSR count). The van der Waals surface area contributed by atoms with Gasteiger partial charge < -0.3 is 20.5 Å². The molecule has 128 valence electrons. The predicted molar refractivity (Wildman–Crippen MR) is 91.9 cm³/mol. The maximum absolute atomic E-state index is 11.9. The third-order valence-electron chi connectivity index (χ3n) is 3.71. The molecule has 1 atom stereocenters. The van der Waals surface area contributed by atoms with E-state index in [0.29, 0.717) is 12.4 Å². The van der Waals surface area contributed by atoms with E-state index in [9.17, 15) is 9.90 Å². The fourth-order valence-corrected chi connectivity index (χ4v) is 2.37. The molecule has 3 N–H and O–H groups in total. The van der Waals surface area contributed by atoms with Gasteiger partial charge in [-0.1, -0.05) is 30.3 Å². The summed E-state index contributed by atoms with van der Waals surface area (Å²) < 4.78 is 5.20. The van der Waals surface area contributed by atoms with Crippen molar-refractivity contribution < 1.29 is 14.6 Å². The molecule has 6 heteroatoms. The molecule has 0 saturated heterocycles. The van der Waals surface area contributed by atoms with Crippen LogP contribution in [0.25, 0.3) is 0 Å². The summed E-state index contributed by atoms with van der Waals surface area (Å²) in [5.74, 6) is 0.496. The van der Waals surface area contributed by atoms with Gasteiger partial charge in [-0.05, 0) is 31.0 Å². The smallest absolute Gasteiger partial charge is 0.315 e. The Labute approximate surface area is 141 Å². The van der Waals surface area contributed by atoms with Gasteiger partial charge in [-0.2, -0.15) is 0 Å². The fourth-order valence-electron chi connectivity index (χ4n) is 2.37. The number of aliphatic hydroxyl groups is 1. The van der Waals surface area contributed by atoms with E-state index in [1.165, 1.54) is 0 Å². The topological polar surface area (TPSA) is 83.5 Å². The second kappa shape index (κ2) is 8.31. The Balaban J connectivity index is 1.85. The summed E-state index contributed by atoms with van der Waals surface area (Å²) >= 11 is 0. The number of hydrogen-bond acceptors (Lipinski definition) is 4. The number of amides is 2. The summed E-state index contributed by atoms with van der Waals surface area (Å²) in [6, 6.07) is 10.9. The van der Waals surface area contributed by atoms with Gasteiger partial charge >= 0.3 is 6.03 Å². The molecule has 0 bridgehead atoms. The van der Waals surface area contributed by atoms with Crippen LogP contribution in [0.3, 0.4) is 0 Å². The monoisotopic (exact) mass is 329 g/mol. The number of aliphatic hydroxyl groups excluding tert-OH is 1.